The second-order valence-electron chi connectivity index (χ2n) is 3.12. The van der Waals surface area contributed by atoms with Gasteiger partial charge >= 0.3 is 0 Å². The number of amides is 1. The predicted molar refractivity (Wildman–Crippen MR) is 53.6 cm³/mol. The van der Waals surface area contributed by atoms with E-state index in [-0.39, 0.29) is 12.5 Å². The molecule has 0 bridgehead atoms. The van der Waals surface area contributed by atoms with Gasteiger partial charge in [0, 0.05) is 18.4 Å². The van der Waals surface area contributed by atoms with Gasteiger partial charge in [0.05, 0.1) is 0 Å². The molecule has 0 fully saturated rings. The summed E-state index contributed by atoms with van der Waals surface area (Å²) in [6, 6.07) is 1.87. The number of nitrogens with two attached hydrogens (primary N) is 1. The van der Waals surface area contributed by atoms with Gasteiger partial charge < -0.3 is 11.1 Å². The van der Waals surface area contributed by atoms with E-state index < -0.39 is 0 Å². The summed E-state index contributed by atoms with van der Waals surface area (Å²) in [5, 5.41) is 6.78. The first-order chi connectivity index (χ1) is 6.74. The minimum atomic E-state index is -0.0229. The second kappa shape index (κ2) is 5.39. The van der Waals surface area contributed by atoms with Gasteiger partial charge in [-0.2, -0.15) is 5.10 Å². The summed E-state index contributed by atoms with van der Waals surface area (Å²) in [6.45, 7) is 3.43. The normalized spacial score (nSPS) is 10.1. The van der Waals surface area contributed by atoms with E-state index in [4.69, 9.17) is 5.73 Å². The topological polar surface area (TPSA) is 72.9 Å². The van der Waals surface area contributed by atoms with Crippen LogP contribution in [0.3, 0.4) is 0 Å². The molecule has 0 aliphatic rings. The molecule has 1 aromatic rings. The van der Waals surface area contributed by atoms with E-state index in [2.05, 4.69) is 10.4 Å². The minimum Gasteiger partial charge on any atom is -0.354 e. The lowest BCUT2D eigenvalue weighted by Gasteiger charge is -2.05. The van der Waals surface area contributed by atoms with Crippen molar-refractivity contribution in [3.05, 3.63) is 18.0 Å². The van der Waals surface area contributed by atoms with E-state index in [9.17, 15) is 4.79 Å². The lowest BCUT2D eigenvalue weighted by atomic mass is 10.4. The summed E-state index contributed by atoms with van der Waals surface area (Å²) in [7, 11) is 0. The fourth-order valence-corrected chi connectivity index (χ4v) is 1.09. The highest BCUT2D eigenvalue weighted by molar-refractivity contribution is 5.75. The lowest BCUT2D eigenvalue weighted by molar-refractivity contribution is -0.121. The zero-order chi connectivity index (χ0) is 10.4. The molecular weight excluding hydrogens is 180 g/mol. The number of aryl methyl sites for hydroxylation is 1. The van der Waals surface area contributed by atoms with Gasteiger partial charge in [0.2, 0.25) is 5.91 Å². The molecule has 0 aliphatic carbocycles. The third-order valence-electron chi connectivity index (χ3n) is 1.93. The molecule has 0 aromatic carbocycles. The Balaban J connectivity index is 2.31. The molecule has 0 spiro atoms. The Labute approximate surface area is 83.3 Å². The van der Waals surface area contributed by atoms with Crippen LogP contribution in [0.15, 0.2) is 12.3 Å². The van der Waals surface area contributed by atoms with E-state index in [1.54, 1.807) is 10.9 Å². The van der Waals surface area contributed by atoms with Crippen LogP contribution < -0.4 is 11.1 Å². The van der Waals surface area contributed by atoms with Crippen molar-refractivity contribution in [2.24, 2.45) is 5.73 Å². The fourth-order valence-electron chi connectivity index (χ4n) is 1.09. The maximum atomic E-state index is 11.3. The molecule has 78 valence electrons. The van der Waals surface area contributed by atoms with Gasteiger partial charge in [-0.15, -0.1) is 0 Å². The van der Waals surface area contributed by atoms with Crippen LogP contribution >= 0.6 is 0 Å². The molecule has 0 saturated carbocycles. The summed E-state index contributed by atoms with van der Waals surface area (Å²) < 4.78 is 1.66. The number of hydrogen-bond donors (Lipinski definition) is 2. The van der Waals surface area contributed by atoms with E-state index in [0.29, 0.717) is 13.1 Å². The van der Waals surface area contributed by atoms with E-state index in [0.717, 1.165) is 12.1 Å². The molecule has 5 nitrogen and oxygen atoms in total. The molecule has 1 rings (SSSR count). The Morgan fingerprint density at radius 1 is 1.71 bits per heavy atom. The molecule has 0 radical (unpaired) electrons. The first-order valence-electron chi connectivity index (χ1n) is 4.69. The molecule has 1 amide bonds. The zero-order valence-corrected chi connectivity index (χ0v) is 8.36. The Kier molecular flexibility index (Phi) is 4.12. The lowest BCUT2D eigenvalue weighted by Crippen LogP contribution is -2.30. The van der Waals surface area contributed by atoms with E-state index in [1.807, 2.05) is 13.0 Å². The number of carbonyl (C=O) groups excluding carboxylic acids is 1. The van der Waals surface area contributed by atoms with Gasteiger partial charge in [-0.3, -0.25) is 9.48 Å². The predicted octanol–water partition coefficient (Wildman–Crippen LogP) is -0.343. The third-order valence-corrected chi connectivity index (χ3v) is 1.93. The Morgan fingerprint density at radius 2 is 2.50 bits per heavy atom. The van der Waals surface area contributed by atoms with Crippen molar-refractivity contribution in [3.8, 4) is 0 Å². The van der Waals surface area contributed by atoms with Crippen LogP contribution in [-0.2, 0) is 11.3 Å². The highest BCUT2D eigenvalue weighted by Crippen LogP contribution is 1.94. The summed E-state index contributed by atoms with van der Waals surface area (Å²) in [5.74, 6) is -0.0229. The smallest absolute Gasteiger partial charge is 0.241 e. The molecule has 1 aromatic heterocycles. The van der Waals surface area contributed by atoms with Crippen molar-refractivity contribution >= 4 is 5.91 Å². The van der Waals surface area contributed by atoms with Crippen molar-refractivity contribution < 1.29 is 4.79 Å². The maximum Gasteiger partial charge on any atom is 0.241 e. The molecule has 0 aliphatic heterocycles. The Morgan fingerprint density at radius 3 is 3.07 bits per heavy atom. The number of rotatable bonds is 5. The highest BCUT2D eigenvalue weighted by Gasteiger charge is 2.03. The van der Waals surface area contributed by atoms with Gasteiger partial charge in [-0.1, -0.05) is 0 Å². The van der Waals surface area contributed by atoms with Gasteiger partial charge in [-0.25, -0.2) is 0 Å². The quantitative estimate of drug-likeness (QED) is 0.633. The van der Waals surface area contributed by atoms with Crippen molar-refractivity contribution in [2.45, 2.75) is 19.9 Å². The van der Waals surface area contributed by atoms with Gasteiger partial charge in [0.15, 0.2) is 0 Å². The van der Waals surface area contributed by atoms with Crippen LogP contribution in [0.2, 0.25) is 0 Å². The number of hydrogen-bond acceptors (Lipinski definition) is 3. The molecular formula is C9H16N4O. The standard InChI is InChI=1S/C9H16N4O/c1-8-3-6-12-13(8)7-9(14)11-5-2-4-10/h3,6H,2,4-5,7,10H2,1H3,(H,11,14). The van der Waals surface area contributed by atoms with E-state index >= 15 is 0 Å². The summed E-state index contributed by atoms with van der Waals surface area (Å²) >= 11 is 0. The van der Waals surface area contributed by atoms with Crippen molar-refractivity contribution in [2.75, 3.05) is 13.1 Å². The summed E-state index contributed by atoms with van der Waals surface area (Å²) in [5.41, 5.74) is 6.29. The Hall–Kier alpha value is -1.36. The molecule has 0 saturated heterocycles. The molecule has 1 heterocycles. The molecule has 5 heteroatoms. The zero-order valence-electron chi connectivity index (χ0n) is 8.36. The minimum absolute atomic E-state index is 0.0229. The van der Waals surface area contributed by atoms with Gasteiger partial charge in [0.1, 0.15) is 6.54 Å². The number of aromatic nitrogens is 2. The first-order valence-corrected chi connectivity index (χ1v) is 4.69. The van der Waals surface area contributed by atoms with Crippen LogP contribution in [0.5, 0.6) is 0 Å². The monoisotopic (exact) mass is 196 g/mol. The van der Waals surface area contributed by atoms with Crippen LogP contribution in [-0.4, -0.2) is 28.8 Å². The van der Waals surface area contributed by atoms with Gasteiger partial charge in [0.25, 0.3) is 0 Å². The van der Waals surface area contributed by atoms with Gasteiger partial charge in [-0.05, 0) is 26.0 Å². The number of nitrogens with zero attached hydrogens (tertiary/aromatic N) is 2. The second-order valence-corrected chi connectivity index (χ2v) is 3.12. The fraction of sp³-hybridized carbons (Fsp3) is 0.556. The first kappa shape index (κ1) is 10.7. The van der Waals surface area contributed by atoms with Crippen molar-refractivity contribution in [3.63, 3.8) is 0 Å². The SMILES string of the molecule is Cc1ccnn1CC(=O)NCCCN. The average Bonchev–Trinajstić information content (AvgIpc) is 2.52. The van der Waals surface area contributed by atoms with Crippen LogP contribution in [0.1, 0.15) is 12.1 Å². The van der Waals surface area contributed by atoms with Crippen LogP contribution in [0.4, 0.5) is 0 Å². The average molecular weight is 196 g/mol. The van der Waals surface area contributed by atoms with E-state index in [1.165, 1.54) is 0 Å². The van der Waals surface area contributed by atoms with Crippen molar-refractivity contribution in [1.29, 1.82) is 0 Å². The number of nitrogens with one attached hydrogen (secondary N) is 1. The molecule has 3 N–H and O–H groups in total. The summed E-state index contributed by atoms with van der Waals surface area (Å²) in [4.78, 5) is 11.3. The largest absolute Gasteiger partial charge is 0.354 e. The van der Waals surface area contributed by atoms with Crippen molar-refractivity contribution in [1.82, 2.24) is 15.1 Å². The molecule has 0 atom stereocenters. The molecule has 0 unspecified atom stereocenters. The van der Waals surface area contributed by atoms with Crippen LogP contribution in [0.25, 0.3) is 0 Å². The summed E-state index contributed by atoms with van der Waals surface area (Å²) in [6.07, 6.45) is 2.49. The molecule has 14 heavy (non-hydrogen) atoms. The third kappa shape index (κ3) is 3.18. The maximum absolute atomic E-state index is 11.3. The van der Waals surface area contributed by atoms with Crippen LogP contribution in [0, 0.1) is 6.92 Å². The number of carbonyl (C=O) groups is 1. The Bertz CT molecular complexity index is 295. The highest BCUT2D eigenvalue weighted by atomic mass is 16.2.